The molecular weight excluding hydrogens is 205 g/mol. The molecule has 3 heteroatoms. The van der Waals surface area contributed by atoms with Crippen LogP contribution in [-0.2, 0) is 4.52 Å². The van der Waals surface area contributed by atoms with E-state index in [2.05, 4.69) is 18.5 Å². The Morgan fingerprint density at radius 1 is 1.27 bits per heavy atom. The molecule has 2 nitrogen and oxygen atoms in total. The van der Waals surface area contributed by atoms with Gasteiger partial charge in [-0.25, -0.2) is 0 Å². The van der Waals surface area contributed by atoms with Crippen LogP contribution in [-0.4, -0.2) is 29.5 Å². The molecule has 1 saturated carbocycles. The van der Waals surface area contributed by atoms with Gasteiger partial charge in [-0.2, -0.15) is 0 Å². The second-order valence-corrected chi connectivity index (χ2v) is 8.00. The lowest BCUT2D eigenvalue weighted by molar-refractivity contribution is 0.205. The minimum absolute atomic E-state index is 0.263. The molecule has 86 valence electrons. The minimum Gasteiger partial charge on any atom is -0.343 e. The largest absolute Gasteiger partial charge is 0.343 e. The van der Waals surface area contributed by atoms with Crippen molar-refractivity contribution < 1.29 is 4.52 Å². The molecule has 5 atom stereocenters. The first kappa shape index (κ1) is 10.5. The predicted molar refractivity (Wildman–Crippen MR) is 64.0 cm³/mol. The van der Waals surface area contributed by atoms with Gasteiger partial charge in [0.1, 0.15) is 8.30 Å². The fourth-order valence-corrected chi connectivity index (χ4v) is 6.00. The molecule has 2 saturated heterocycles. The second-order valence-electron chi connectivity index (χ2n) is 5.59. The zero-order valence-electron chi connectivity index (χ0n) is 9.85. The van der Waals surface area contributed by atoms with Gasteiger partial charge in [0.2, 0.25) is 0 Å². The van der Waals surface area contributed by atoms with Crippen LogP contribution in [0.1, 0.15) is 39.5 Å². The monoisotopic (exact) mass is 227 g/mol. The molecule has 0 radical (unpaired) electrons. The Balaban J connectivity index is 1.81. The standard InChI is InChI=1S/C12H22NOP/c1-9(2)15-13-7-10(8-14-15)11-5-3-4-6-12(11)13/h9-12H,3-8H2,1-2H3/t10-,11?,12-,15?/m1/s1. The smallest absolute Gasteiger partial charge is 0.107 e. The predicted octanol–water partition coefficient (Wildman–Crippen LogP) is 3.23. The first-order chi connectivity index (χ1) is 7.27. The van der Waals surface area contributed by atoms with Gasteiger partial charge in [-0.05, 0) is 18.8 Å². The van der Waals surface area contributed by atoms with Crippen LogP contribution in [0.4, 0.5) is 0 Å². The van der Waals surface area contributed by atoms with Crippen LogP contribution in [0.5, 0.6) is 0 Å². The van der Waals surface area contributed by atoms with E-state index in [9.17, 15) is 0 Å². The molecule has 0 aromatic heterocycles. The summed E-state index contributed by atoms with van der Waals surface area (Å²) in [5.41, 5.74) is 0.710. The topological polar surface area (TPSA) is 12.5 Å². The maximum absolute atomic E-state index is 6.11. The molecule has 3 rings (SSSR count). The Hall–Kier alpha value is 0.350. The molecule has 3 aliphatic rings. The molecule has 15 heavy (non-hydrogen) atoms. The number of nitrogens with zero attached hydrogens (tertiary/aromatic N) is 1. The van der Waals surface area contributed by atoms with Crippen molar-refractivity contribution in [2.24, 2.45) is 11.8 Å². The van der Waals surface area contributed by atoms with Crippen LogP contribution in [0.2, 0.25) is 0 Å². The quantitative estimate of drug-likeness (QED) is 0.638. The molecule has 3 fully saturated rings. The Bertz CT molecular complexity index is 246. The van der Waals surface area contributed by atoms with Gasteiger partial charge in [0.25, 0.3) is 0 Å². The first-order valence-electron chi connectivity index (χ1n) is 6.46. The van der Waals surface area contributed by atoms with E-state index in [1.807, 2.05) is 0 Å². The highest BCUT2D eigenvalue weighted by Gasteiger charge is 2.49. The minimum atomic E-state index is -0.263. The molecule has 3 unspecified atom stereocenters. The van der Waals surface area contributed by atoms with E-state index in [1.54, 1.807) is 0 Å². The third-order valence-electron chi connectivity index (χ3n) is 4.31. The van der Waals surface area contributed by atoms with Gasteiger partial charge in [-0.15, -0.1) is 0 Å². The summed E-state index contributed by atoms with van der Waals surface area (Å²) >= 11 is 0. The molecule has 0 spiro atoms. The van der Waals surface area contributed by atoms with E-state index in [4.69, 9.17) is 4.52 Å². The summed E-state index contributed by atoms with van der Waals surface area (Å²) in [6.45, 7) is 7.05. The van der Waals surface area contributed by atoms with Crippen molar-refractivity contribution in [2.75, 3.05) is 13.2 Å². The van der Waals surface area contributed by atoms with E-state index >= 15 is 0 Å². The van der Waals surface area contributed by atoms with Crippen molar-refractivity contribution >= 4 is 8.30 Å². The number of hydrogen-bond donors (Lipinski definition) is 0. The number of rotatable bonds is 1. The van der Waals surface area contributed by atoms with E-state index in [-0.39, 0.29) is 8.30 Å². The summed E-state index contributed by atoms with van der Waals surface area (Å²) in [5, 5.41) is 0. The highest BCUT2D eigenvalue weighted by molar-refractivity contribution is 7.50. The van der Waals surface area contributed by atoms with E-state index < -0.39 is 0 Å². The highest BCUT2D eigenvalue weighted by atomic mass is 31.2. The Labute approximate surface area is 94.3 Å². The first-order valence-corrected chi connectivity index (χ1v) is 7.74. The van der Waals surface area contributed by atoms with Crippen molar-refractivity contribution in [3.8, 4) is 0 Å². The van der Waals surface area contributed by atoms with E-state index in [1.165, 1.54) is 32.2 Å². The summed E-state index contributed by atoms with van der Waals surface area (Å²) in [4.78, 5) is 0. The summed E-state index contributed by atoms with van der Waals surface area (Å²) in [5.74, 6) is 1.85. The normalized spacial score (nSPS) is 49.4. The van der Waals surface area contributed by atoms with E-state index in [0.717, 1.165) is 24.5 Å². The molecule has 2 bridgehead atoms. The Morgan fingerprint density at radius 2 is 2.07 bits per heavy atom. The maximum Gasteiger partial charge on any atom is 0.107 e. The van der Waals surface area contributed by atoms with Gasteiger partial charge in [-0.3, -0.25) is 4.67 Å². The molecule has 2 heterocycles. The van der Waals surface area contributed by atoms with Gasteiger partial charge in [0, 0.05) is 24.2 Å². The summed E-state index contributed by atoms with van der Waals surface area (Å²) < 4.78 is 8.86. The van der Waals surface area contributed by atoms with Crippen molar-refractivity contribution in [2.45, 2.75) is 51.2 Å². The van der Waals surface area contributed by atoms with Crippen molar-refractivity contribution in [3.63, 3.8) is 0 Å². The average molecular weight is 227 g/mol. The van der Waals surface area contributed by atoms with Crippen molar-refractivity contribution in [3.05, 3.63) is 0 Å². The molecular formula is C12H22NOP. The summed E-state index contributed by atoms with van der Waals surface area (Å²) in [6.07, 6.45) is 5.82. The SMILES string of the molecule is CC(C)P1OC[C@H]2CN1[C@@H]1CCCCC21. The zero-order chi connectivity index (χ0) is 10.4. The third kappa shape index (κ3) is 1.66. The molecule has 0 aromatic rings. The lowest BCUT2D eigenvalue weighted by atomic mass is 9.80. The highest BCUT2D eigenvalue weighted by Crippen LogP contribution is 2.59. The summed E-state index contributed by atoms with van der Waals surface area (Å²) in [7, 11) is -0.263. The Kier molecular flexibility index (Phi) is 2.79. The second kappa shape index (κ2) is 3.98. The fraction of sp³-hybridized carbons (Fsp3) is 1.00. The molecule has 1 aliphatic carbocycles. The molecule has 0 amide bonds. The zero-order valence-corrected chi connectivity index (χ0v) is 10.7. The van der Waals surface area contributed by atoms with Crippen LogP contribution in [0, 0.1) is 11.8 Å². The van der Waals surface area contributed by atoms with Gasteiger partial charge < -0.3 is 4.52 Å². The van der Waals surface area contributed by atoms with Crippen LogP contribution >= 0.6 is 8.30 Å². The fourth-order valence-electron chi connectivity index (χ4n) is 3.67. The summed E-state index contributed by atoms with van der Waals surface area (Å²) in [6, 6.07) is 0.889. The average Bonchev–Trinajstić information content (AvgIpc) is 2.54. The third-order valence-corrected chi connectivity index (χ3v) is 6.57. The van der Waals surface area contributed by atoms with Crippen LogP contribution in [0.3, 0.4) is 0 Å². The Morgan fingerprint density at radius 3 is 2.87 bits per heavy atom. The number of hydrogen-bond acceptors (Lipinski definition) is 2. The lowest BCUT2D eigenvalue weighted by Gasteiger charge is -2.37. The molecule has 2 aliphatic heterocycles. The molecule has 0 aromatic carbocycles. The number of fused-ring (bicyclic) bond motifs is 5. The maximum atomic E-state index is 6.11. The van der Waals surface area contributed by atoms with Crippen molar-refractivity contribution in [1.82, 2.24) is 4.67 Å². The van der Waals surface area contributed by atoms with Gasteiger partial charge >= 0.3 is 0 Å². The van der Waals surface area contributed by atoms with E-state index in [0.29, 0.717) is 5.66 Å². The van der Waals surface area contributed by atoms with Gasteiger partial charge in [-0.1, -0.05) is 26.7 Å². The van der Waals surface area contributed by atoms with Crippen LogP contribution in [0.25, 0.3) is 0 Å². The van der Waals surface area contributed by atoms with Crippen molar-refractivity contribution in [1.29, 1.82) is 0 Å². The van der Waals surface area contributed by atoms with Gasteiger partial charge in [0.05, 0.1) is 6.61 Å². The molecule has 0 N–H and O–H groups in total. The van der Waals surface area contributed by atoms with Gasteiger partial charge in [0.15, 0.2) is 0 Å². The van der Waals surface area contributed by atoms with Crippen LogP contribution < -0.4 is 0 Å². The van der Waals surface area contributed by atoms with Crippen LogP contribution in [0.15, 0.2) is 0 Å². The lowest BCUT2D eigenvalue weighted by Crippen LogP contribution is -2.32.